The van der Waals surface area contributed by atoms with Gasteiger partial charge in [0.05, 0.1) is 0 Å². The van der Waals surface area contributed by atoms with Gasteiger partial charge in [-0.1, -0.05) is 61.4 Å². The zero-order chi connectivity index (χ0) is 28.6. The molecule has 40 heavy (non-hydrogen) atoms. The number of benzene rings is 2. The van der Waals surface area contributed by atoms with Gasteiger partial charge in [0.2, 0.25) is 5.91 Å². The summed E-state index contributed by atoms with van der Waals surface area (Å²) in [6, 6.07) is 16.2. The Morgan fingerprint density at radius 3 is 2.12 bits per heavy atom. The molecular weight excluding hydrogens is 496 g/mol. The van der Waals surface area contributed by atoms with E-state index in [1.165, 1.54) is 11.1 Å². The lowest BCUT2D eigenvalue weighted by molar-refractivity contribution is -0.128. The second kappa shape index (κ2) is 14.3. The van der Waals surface area contributed by atoms with Crippen LogP contribution in [0.1, 0.15) is 79.4 Å². The van der Waals surface area contributed by atoms with E-state index in [0.717, 1.165) is 57.3 Å². The van der Waals surface area contributed by atoms with E-state index in [1.54, 1.807) is 0 Å². The van der Waals surface area contributed by atoms with E-state index < -0.39 is 6.04 Å². The van der Waals surface area contributed by atoms with E-state index in [1.807, 2.05) is 36.1 Å². The summed E-state index contributed by atoms with van der Waals surface area (Å²) in [6.45, 7) is 12.5. The number of carbonyl (C=O) groups excluding carboxylic acids is 2. The molecule has 2 amide bonds. The number of likely N-dealkylation sites (tertiary alicyclic amines) is 1. The molecule has 0 bridgehead atoms. The summed E-state index contributed by atoms with van der Waals surface area (Å²) < 4.78 is 0. The highest BCUT2D eigenvalue weighted by Gasteiger charge is 2.39. The van der Waals surface area contributed by atoms with Gasteiger partial charge in [-0.15, -0.1) is 0 Å². The molecule has 2 aromatic rings. The van der Waals surface area contributed by atoms with Crippen molar-refractivity contribution < 1.29 is 9.59 Å². The van der Waals surface area contributed by atoms with Crippen LogP contribution >= 0.6 is 0 Å². The highest BCUT2D eigenvalue weighted by molar-refractivity contribution is 5.97. The van der Waals surface area contributed by atoms with Crippen LogP contribution in [0.25, 0.3) is 0 Å². The normalized spacial score (nSPS) is 23.4. The molecule has 0 spiro atoms. The summed E-state index contributed by atoms with van der Waals surface area (Å²) in [5.41, 5.74) is 10.2. The van der Waals surface area contributed by atoms with Crippen LogP contribution in [0.3, 0.4) is 0 Å². The van der Waals surface area contributed by atoms with E-state index in [-0.39, 0.29) is 17.9 Å². The van der Waals surface area contributed by atoms with Crippen LogP contribution < -0.4 is 11.1 Å². The Hall–Kier alpha value is -2.70. The minimum absolute atomic E-state index is 0.00839. The molecule has 2 aliphatic rings. The van der Waals surface area contributed by atoms with E-state index in [4.69, 9.17) is 5.73 Å². The number of nitrogens with one attached hydrogen (secondary N) is 1. The molecule has 4 rings (SSSR count). The van der Waals surface area contributed by atoms with Gasteiger partial charge in [-0.2, -0.15) is 0 Å². The van der Waals surface area contributed by atoms with Crippen molar-refractivity contribution in [1.29, 1.82) is 0 Å². The van der Waals surface area contributed by atoms with Crippen molar-refractivity contribution in [1.82, 2.24) is 15.1 Å². The number of aryl methyl sites for hydroxylation is 2. The highest BCUT2D eigenvalue weighted by Crippen LogP contribution is 2.29. The summed E-state index contributed by atoms with van der Waals surface area (Å²) in [5.74, 6) is 1.57. The van der Waals surface area contributed by atoms with Gasteiger partial charge < -0.3 is 16.0 Å². The lowest BCUT2D eigenvalue weighted by atomic mass is 9.82. The van der Waals surface area contributed by atoms with Crippen molar-refractivity contribution in [2.24, 2.45) is 23.5 Å². The van der Waals surface area contributed by atoms with Gasteiger partial charge in [-0.3, -0.25) is 14.5 Å². The number of nitrogens with two attached hydrogens (primary N) is 1. The monoisotopic (exact) mass is 546 g/mol. The van der Waals surface area contributed by atoms with Gasteiger partial charge in [0, 0.05) is 37.8 Å². The number of rotatable bonds is 10. The van der Waals surface area contributed by atoms with E-state index >= 15 is 0 Å². The molecular formula is C34H50N4O2. The molecule has 3 N–H and O–H groups in total. The summed E-state index contributed by atoms with van der Waals surface area (Å²) >= 11 is 0. The highest BCUT2D eigenvalue weighted by atomic mass is 16.2. The lowest BCUT2D eigenvalue weighted by Gasteiger charge is -2.43. The Morgan fingerprint density at radius 1 is 0.925 bits per heavy atom. The number of nitrogens with zero attached hydrogens (tertiary/aromatic N) is 2. The maximum Gasteiger partial charge on any atom is 0.254 e. The van der Waals surface area contributed by atoms with Crippen LogP contribution in [0.5, 0.6) is 0 Å². The van der Waals surface area contributed by atoms with Gasteiger partial charge in [-0.25, -0.2) is 0 Å². The third kappa shape index (κ3) is 8.17. The molecule has 1 aliphatic carbocycles. The maximum atomic E-state index is 13.8. The quantitative estimate of drug-likeness (QED) is 0.423. The van der Waals surface area contributed by atoms with Gasteiger partial charge in [0.1, 0.15) is 6.04 Å². The molecule has 6 nitrogen and oxygen atoms in total. The van der Waals surface area contributed by atoms with Crippen molar-refractivity contribution >= 4 is 11.8 Å². The topological polar surface area (TPSA) is 78.7 Å². The van der Waals surface area contributed by atoms with Crippen LogP contribution in [0.4, 0.5) is 0 Å². The second-order valence-electron chi connectivity index (χ2n) is 12.7. The Balaban J connectivity index is 1.50. The summed E-state index contributed by atoms with van der Waals surface area (Å²) in [4.78, 5) is 31.9. The van der Waals surface area contributed by atoms with Crippen molar-refractivity contribution in [2.75, 3.05) is 26.2 Å². The molecule has 1 saturated heterocycles. The Kier molecular flexibility index (Phi) is 10.8. The smallest absolute Gasteiger partial charge is 0.254 e. The lowest BCUT2D eigenvalue weighted by Crippen LogP contribution is -2.58. The van der Waals surface area contributed by atoms with Crippen LogP contribution in [0.15, 0.2) is 48.5 Å². The predicted octanol–water partition coefficient (Wildman–Crippen LogP) is 5.32. The number of hydrogen-bond acceptors (Lipinski definition) is 4. The summed E-state index contributed by atoms with van der Waals surface area (Å²) in [6.07, 6.45) is 6.03. The fourth-order valence-electron chi connectivity index (χ4n) is 6.41. The fourth-order valence-corrected chi connectivity index (χ4v) is 6.41. The Bertz CT molecular complexity index is 1090. The largest absolute Gasteiger partial charge is 0.354 e. The van der Waals surface area contributed by atoms with Gasteiger partial charge >= 0.3 is 0 Å². The molecule has 2 aromatic carbocycles. The first-order valence-corrected chi connectivity index (χ1v) is 15.4. The fraction of sp³-hybridized carbons (Fsp3) is 0.588. The predicted molar refractivity (Wildman–Crippen MR) is 163 cm³/mol. The zero-order valence-corrected chi connectivity index (χ0v) is 25.1. The van der Waals surface area contributed by atoms with Crippen molar-refractivity contribution in [3.8, 4) is 0 Å². The average molecular weight is 547 g/mol. The zero-order valence-electron chi connectivity index (χ0n) is 25.1. The molecule has 1 heterocycles. The first-order valence-electron chi connectivity index (χ1n) is 15.4. The van der Waals surface area contributed by atoms with Gasteiger partial charge in [0.15, 0.2) is 0 Å². The average Bonchev–Trinajstić information content (AvgIpc) is 2.96. The molecule has 0 radical (unpaired) electrons. The van der Waals surface area contributed by atoms with E-state index in [9.17, 15) is 9.59 Å². The molecule has 1 saturated carbocycles. The molecule has 2 fully saturated rings. The Morgan fingerprint density at radius 2 is 1.52 bits per heavy atom. The maximum absolute atomic E-state index is 13.8. The van der Waals surface area contributed by atoms with Crippen molar-refractivity contribution in [3.05, 3.63) is 70.8 Å². The minimum atomic E-state index is -0.472. The molecule has 1 unspecified atom stereocenters. The SMILES string of the molecule is Cc1ccc(CN(CC(C)C)C2CCN(C(=O)c3ccc(C)cc3)[C@@H](C(=O)NCC3CCC(CN)CC3)C2)cc1. The van der Waals surface area contributed by atoms with Gasteiger partial charge in [-0.05, 0) is 94.4 Å². The molecule has 2 atom stereocenters. The summed E-state index contributed by atoms with van der Waals surface area (Å²) in [7, 11) is 0. The third-order valence-corrected chi connectivity index (χ3v) is 8.92. The first-order chi connectivity index (χ1) is 19.2. The van der Waals surface area contributed by atoms with Crippen molar-refractivity contribution in [2.45, 2.75) is 84.8 Å². The summed E-state index contributed by atoms with van der Waals surface area (Å²) in [5, 5.41) is 3.27. The number of hydrogen-bond donors (Lipinski definition) is 2. The minimum Gasteiger partial charge on any atom is -0.354 e. The third-order valence-electron chi connectivity index (χ3n) is 8.92. The second-order valence-corrected chi connectivity index (χ2v) is 12.7. The van der Waals surface area contributed by atoms with Crippen LogP contribution in [-0.2, 0) is 11.3 Å². The molecule has 6 heteroatoms. The molecule has 0 aromatic heterocycles. The van der Waals surface area contributed by atoms with E-state index in [2.05, 4.69) is 55.3 Å². The number of amides is 2. The first kappa shape index (κ1) is 30.3. The van der Waals surface area contributed by atoms with Crippen LogP contribution in [0.2, 0.25) is 0 Å². The van der Waals surface area contributed by atoms with Crippen molar-refractivity contribution in [3.63, 3.8) is 0 Å². The van der Waals surface area contributed by atoms with Crippen LogP contribution in [0, 0.1) is 31.6 Å². The van der Waals surface area contributed by atoms with Crippen LogP contribution in [-0.4, -0.2) is 59.9 Å². The Labute approximate surface area is 241 Å². The number of carbonyl (C=O) groups is 2. The van der Waals surface area contributed by atoms with Gasteiger partial charge in [0.25, 0.3) is 5.91 Å². The molecule has 218 valence electrons. The molecule has 1 aliphatic heterocycles. The number of piperidine rings is 1. The van der Waals surface area contributed by atoms with E-state index in [0.29, 0.717) is 42.8 Å². The standard InChI is InChI=1S/C34H50N4O2/c1-24(2)22-37(23-29-9-5-25(3)6-10-29)31-17-18-38(34(40)30-15-7-26(4)8-16-30)32(19-31)33(39)36-21-28-13-11-27(20-35)12-14-28/h5-10,15-16,24,27-28,31-32H,11-14,17-23,35H2,1-4H3,(H,36,39)/t27?,28?,31?,32-/m1/s1.